The topological polar surface area (TPSA) is 147 Å². The molecule has 0 spiro atoms. The third-order valence-electron chi connectivity index (χ3n) is 4.67. The highest BCUT2D eigenvalue weighted by molar-refractivity contribution is 6.13. The van der Waals surface area contributed by atoms with Crippen LogP contribution in [0.25, 0.3) is 0 Å². The smallest absolute Gasteiger partial charge is 0.129 e. The number of aliphatic imine (C=N–C) groups is 1. The van der Waals surface area contributed by atoms with E-state index < -0.39 is 5.92 Å². The van der Waals surface area contributed by atoms with Gasteiger partial charge in [-0.2, -0.15) is 0 Å². The summed E-state index contributed by atoms with van der Waals surface area (Å²) in [7, 11) is 0. The number of nitrogen functional groups attached to an aromatic ring is 1. The molecule has 1 aliphatic heterocycles. The molecule has 1 unspecified atom stereocenters. The molecule has 9 nitrogen and oxygen atoms in total. The number of aliphatic hydroxyl groups is 1. The molecule has 0 aromatic carbocycles. The summed E-state index contributed by atoms with van der Waals surface area (Å²) in [5.74, 6) is 0.393. The predicted molar refractivity (Wildman–Crippen MR) is 116 cm³/mol. The van der Waals surface area contributed by atoms with Crippen LogP contribution in [0.15, 0.2) is 35.5 Å². The van der Waals surface area contributed by atoms with Crippen molar-refractivity contribution < 1.29 is 5.11 Å². The second-order valence-corrected chi connectivity index (χ2v) is 6.66. The largest absolute Gasteiger partial charge is 0.397 e. The Morgan fingerprint density at radius 2 is 2.17 bits per heavy atom. The Kier molecular flexibility index (Phi) is 6.99. The first-order chi connectivity index (χ1) is 14.1. The molecule has 1 saturated heterocycles. The van der Waals surface area contributed by atoms with Gasteiger partial charge in [-0.3, -0.25) is 15.4 Å². The average Bonchev–Trinajstić information content (AvgIpc) is 2.77. The Hall–Kier alpha value is -3.17. The first-order valence-electron chi connectivity index (χ1n) is 9.53. The van der Waals surface area contributed by atoms with Gasteiger partial charge in [0.05, 0.1) is 48.1 Å². The van der Waals surface area contributed by atoms with Gasteiger partial charge in [-0.25, -0.2) is 4.98 Å². The summed E-state index contributed by atoms with van der Waals surface area (Å²) in [6.07, 6.45) is 4.28. The molecule has 0 aliphatic carbocycles. The van der Waals surface area contributed by atoms with E-state index in [-0.39, 0.29) is 18.9 Å². The zero-order chi connectivity index (χ0) is 20.6. The summed E-state index contributed by atoms with van der Waals surface area (Å²) in [5, 5.41) is 28.5. The number of anilines is 2. The molecule has 152 valence electrons. The van der Waals surface area contributed by atoms with E-state index in [1.807, 2.05) is 12.1 Å². The van der Waals surface area contributed by atoms with Crippen molar-refractivity contribution >= 4 is 29.6 Å². The van der Waals surface area contributed by atoms with Crippen LogP contribution in [-0.2, 0) is 0 Å². The number of hydrogen-bond donors (Lipinski definition) is 5. The zero-order valence-corrected chi connectivity index (χ0v) is 16.2. The molecule has 9 heteroatoms. The number of nitrogens with two attached hydrogens (primary N) is 1. The number of nitrogens with zero attached hydrogens (tertiary/aromatic N) is 4. The van der Waals surface area contributed by atoms with Crippen LogP contribution in [0.5, 0.6) is 0 Å². The third-order valence-corrected chi connectivity index (χ3v) is 4.67. The van der Waals surface area contributed by atoms with Crippen molar-refractivity contribution in [2.75, 3.05) is 50.0 Å². The van der Waals surface area contributed by atoms with Crippen molar-refractivity contribution in [1.29, 1.82) is 10.8 Å². The summed E-state index contributed by atoms with van der Waals surface area (Å²) in [5.41, 5.74) is 8.30. The second kappa shape index (κ2) is 9.85. The number of pyridine rings is 2. The number of aliphatic hydroxyl groups excluding tert-OH is 1. The summed E-state index contributed by atoms with van der Waals surface area (Å²) in [6, 6.07) is 7.35. The van der Waals surface area contributed by atoms with E-state index >= 15 is 0 Å². The van der Waals surface area contributed by atoms with Crippen LogP contribution >= 0.6 is 0 Å². The molecular weight excluding hydrogens is 368 g/mol. The molecular formula is C20H26N8O. The van der Waals surface area contributed by atoms with Crippen LogP contribution in [0.4, 0.5) is 11.5 Å². The van der Waals surface area contributed by atoms with E-state index in [1.165, 1.54) is 12.4 Å². The standard InChI is InChI=1S/C20H26N8O/c21-11-14(12-25-6-9-29)18-10-15(16(22)13-26-18)20(23)17-2-1-3-19(27-17)28-7-4-24-5-8-28/h1-3,10-14,21,23-24,29H,4-9,22H2. The van der Waals surface area contributed by atoms with Crippen LogP contribution in [0, 0.1) is 10.8 Å². The Balaban J connectivity index is 1.88. The summed E-state index contributed by atoms with van der Waals surface area (Å²) in [4.78, 5) is 15.2. The van der Waals surface area contributed by atoms with E-state index in [9.17, 15) is 0 Å². The minimum atomic E-state index is -0.450. The van der Waals surface area contributed by atoms with E-state index in [2.05, 4.69) is 25.2 Å². The van der Waals surface area contributed by atoms with Gasteiger partial charge in [-0.15, -0.1) is 0 Å². The van der Waals surface area contributed by atoms with Crippen molar-refractivity contribution in [1.82, 2.24) is 15.3 Å². The van der Waals surface area contributed by atoms with Gasteiger partial charge in [0.1, 0.15) is 5.82 Å². The molecule has 6 N–H and O–H groups in total. The van der Waals surface area contributed by atoms with Crippen molar-refractivity contribution in [2.24, 2.45) is 4.99 Å². The molecule has 1 fully saturated rings. The average molecular weight is 394 g/mol. The summed E-state index contributed by atoms with van der Waals surface area (Å²) < 4.78 is 0. The SMILES string of the molecule is N=CC(C=NCCO)c1cc(C(=N)c2cccc(N3CCNCC3)n2)c(N)cn1. The van der Waals surface area contributed by atoms with Gasteiger partial charge in [0.25, 0.3) is 0 Å². The molecule has 0 bridgehead atoms. The van der Waals surface area contributed by atoms with Gasteiger partial charge in [0.2, 0.25) is 0 Å². The predicted octanol–water partition coefficient (Wildman–Crippen LogP) is 0.681. The lowest BCUT2D eigenvalue weighted by Crippen LogP contribution is -2.44. The number of piperazine rings is 1. The molecule has 2 aromatic rings. The number of rotatable bonds is 8. The summed E-state index contributed by atoms with van der Waals surface area (Å²) >= 11 is 0. The lowest BCUT2D eigenvalue weighted by molar-refractivity contribution is 0.307. The number of nitrogens with one attached hydrogen (secondary N) is 3. The van der Waals surface area contributed by atoms with Crippen molar-refractivity contribution in [2.45, 2.75) is 5.92 Å². The Bertz CT molecular complexity index is 892. The number of aromatic nitrogens is 2. The van der Waals surface area contributed by atoms with Gasteiger partial charge in [-0.05, 0) is 18.2 Å². The maximum Gasteiger partial charge on any atom is 0.129 e. The van der Waals surface area contributed by atoms with E-state index in [0.717, 1.165) is 32.0 Å². The summed E-state index contributed by atoms with van der Waals surface area (Å²) in [6.45, 7) is 3.78. The van der Waals surface area contributed by atoms with Crippen LogP contribution in [0.1, 0.15) is 22.9 Å². The fourth-order valence-electron chi connectivity index (χ4n) is 3.10. The second-order valence-electron chi connectivity index (χ2n) is 6.66. The van der Waals surface area contributed by atoms with E-state index in [4.69, 9.17) is 21.7 Å². The minimum absolute atomic E-state index is 0.0542. The molecule has 0 amide bonds. The molecule has 1 aliphatic rings. The van der Waals surface area contributed by atoms with E-state index in [0.29, 0.717) is 22.6 Å². The molecule has 2 aromatic heterocycles. The Labute approximate surface area is 169 Å². The van der Waals surface area contributed by atoms with Crippen molar-refractivity contribution in [3.63, 3.8) is 0 Å². The maximum absolute atomic E-state index is 8.87. The molecule has 3 heterocycles. The molecule has 0 radical (unpaired) electrons. The molecule has 1 atom stereocenters. The normalized spacial score (nSPS) is 15.4. The monoisotopic (exact) mass is 394 g/mol. The lowest BCUT2D eigenvalue weighted by atomic mass is 10.0. The highest BCUT2D eigenvalue weighted by Crippen LogP contribution is 2.21. The quantitative estimate of drug-likeness (QED) is 0.416. The Morgan fingerprint density at radius 1 is 1.38 bits per heavy atom. The van der Waals surface area contributed by atoms with Crippen LogP contribution < -0.4 is 16.0 Å². The maximum atomic E-state index is 8.87. The van der Waals surface area contributed by atoms with Gasteiger partial charge in [0.15, 0.2) is 0 Å². The van der Waals surface area contributed by atoms with Gasteiger partial charge in [0, 0.05) is 44.2 Å². The lowest BCUT2D eigenvalue weighted by Gasteiger charge is -2.28. The fraction of sp³-hybridized carbons (Fsp3) is 0.350. The highest BCUT2D eigenvalue weighted by atomic mass is 16.3. The molecule has 29 heavy (non-hydrogen) atoms. The molecule has 3 rings (SSSR count). The first kappa shape index (κ1) is 20.6. The Morgan fingerprint density at radius 3 is 2.90 bits per heavy atom. The zero-order valence-electron chi connectivity index (χ0n) is 16.2. The highest BCUT2D eigenvalue weighted by Gasteiger charge is 2.17. The van der Waals surface area contributed by atoms with Gasteiger partial charge in [-0.1, -0.05) is 6.07 Å². The number of hydrogen-bond acceptors (Lipinski definition) is 9. The van der Waals surface area contributed by atoms with Crippen LogP contribution in [0.3, 0.4) is 0 Å². The van der Waals surface area contributed by atoms with Crippen LogP contribution in [0.2, 0.25) is 0 Å². The van der Waals surface area contributed by atoms with E-state index in [1.54, 1.807) is 18.3 Å². The fourth-order valence-corrected chi connectivity index (χ4v) is 3.10. The minimum Gasteiger partial charge on any atom is -0.397 e. The first-order valence-corrected chi connectivity index (χ1v) is 9.53. The van der Waals surface area contributed by atoms with Crippen LogP contribution in [-0.4, -0.2) is 72.5 Å². The van der Waals surface area contributed by atoms with Crippen molar-refractivity contribution in [3.05, 3.63) is 47.4 Å². The molecule has 0 saturated carbocycles. The van der Waals surface area contributed by atoms with Crippen molar-refractivity contribution in [3.8, 4) is 0 Å². The van der Waals surface area contributed by atoms with Gasteiger partial charge >= 0.3 is 0 Å². The third kappa shape index (κ3) is 5.01. The van der Waals surface area contributed by atoms with Gasteiger partial charge < -0.3 is 26.5 Å².